The maximum absolute atomic E-state index is 13.1. The first kappa shape index (κ1) is 19.4. The Morgan fingerprint density at radius 2 is 1.96 bits per heavy atom. The van der Waals surface area contributed by atoms with Gasteiger partial charge in [0.05, 0.1) is 12.7 Å². The Morgan fingerprint density at radius 1 is 1.21 bits per heavy atom. The first-order chi connectivity index (χ1) is 13.3. The number of nitriles is 1. The third kappa shape index (κ3) is 3.96. The van der Waals surface area contributed by atoms with Gasteiger partial charge in [-0.2, -0.15) is 18.4 Å². The molecule has 6 nitrogen and oxygen atoms in total. The Bertz CT molecular complexity index is 925. The van der Waals surface area contributed by atoms with Gasteiger partial charge in [-0.05, 0) is 29.8 Å². The van der Waals surface area contributed by atoms with Gasteiger partial charge < -0.3 is 19.7 Å². The van der Waals surface area contributed by atoms with E-state index in [1.54, 1.807) is 18.2 Å². The van der Waals surface area contributed by atoms with Gasteiger partial charge >= 0.3 is 6.18 Å². The SMILES string of the molecule is COc1cc([C@H]2Nc3ccccc3C(=O)N2CC(F)(F)F)ccc1OCC#N. The Balaban J connectivity index is 2.02. The molecule has 0 aliphatic carbocycles. The van der Waals surface area contributed by atoms with Crippen LogP contribution in [0.2, 0.25) is 0 Å². The number of fused-ring (bicyclic) bond motifs is 1. The Kier molecular flexibility index (Phi) is 5.31. The molecular formula is C19H16F3N3O3. The lowest BCUT2D eigenvalue weighted by atomic mass is 10.0. The van der Waals surface area contributed by atoms with Crippen LogP contribution in [0.5, 0.6) is 11.5 Å². The molecule has 0 unspecified atom stereocenters. The second-order valence-electron chi connectivity index (χ2n) is 6.00. The number of hydrogen-bond donors (Lipinski definition) is 1. The van der Waals surface area contributed by atoms with Gasteiger partial charge in [-0.25, -0.2) is 0 Å². The highest BCUT2D eigenvalue weighted by Gasteiger charge is 2.40. The normalized spacial score (nSPS) is 16.0. The van der Waals surface area contributed by atoms with Crippen LogP contribution in [0.15, 0.2) is 42.5 Å². The lowest BCUT2D eigenvalue weighted by Gasteiger charge is -2.38. The fourth-order valence-corrected chi connectivity index (χ4v) is 3.00. The van der Waals surface area contributed by atoms with Crippen molar-refractivity contribution in [2.24, 2.45) is 0 Å². The van der Waals surface area contributed by atoms with Crippen molar-refractivity contribution in [2.75, 3.05) is 25.6 Å². The van der Waals surface area contributed by atoms with Crippen molar-refractivity contribution in [3.8, 4) is 17.6 Å². The van der Waals surface area contributed by atoms with Crippen molar-refractivity contribution in [1.29, 1.82) is 5.26 Å². The molecule has 0 aromatic heterocycles. The van der Waals surface area contributed by atoms with Gasteiger partial charge in [-0.15, -0.1) is 0 Å². The van der Waals surface area contributed by atoms with Gasteiger partial charge in [-0.1, -0.05) is 18.2 Å². The lowest BCUT2D eigenvalue weighted by molar-refractivity contribution is -0.144. The molecule has 1 aliphatic rings. The number of nitrogens with one attached hydrogen (secondary N) is 1. The summed E-state index contributed by atoms with van der Waals surface area (Å²) >= 11 is 0. The van der Waals surface area contributed by atoms with Crippen LogP contribution in [0.25, 0.3) is 0 Å². The van der Waals surface area contributed by atoms with Crippen LogP contribution in [-0.2, 0) is 0 Å². The molecule has 0 fully saturated rings. The minimum atomic E-state index is -4.57. The molecule has 0 saturated carbocycles. The van der Waals surface area contributed by atoms with Gasteiger partial charge in [0.1, 0.15) is 18.8 Å². The van der Waals surface area contributed by atoms with Crippen molar-refractivity contribution in [2.45, 2.75) is 12.3 Å². The van der Waals surface area contributed by atoms with Crippen LogP contribution in [0.4, 0.5) is 18.9 Å². The van der Waals surface area contributed by atoms with Gasteiger partial charge in [0.25, 0.3) is 5.91 Å². The standard InChI is InChI=1S/C19H16F3N3O3/c1-27-16-10-12(6-7-15(16)28-9-8-23)17-24-14-5-3-2-4-13(14)18(26)25(17)11-19(20,21)22/h2-7,10,17,24H,9,11H2,1H3/t17-/m0/s1. The number of ether oxygens (including phenoxy) is 2. The summed E-state index contributed by atoms with van der Waals surface area (Å²) in [6.45, 7) is -1.61. The van der Waals surface area contributed by atoms with E-state index < -0.39 is 24.8 Å². The predicted octanol–water partition coefficient (Wildman–Crippen LogP) is 3.73. The summed E-state index contributed by atoms with van der Waals surface area (Å²) in [4.78, 5) is 13.5. The molecule has 1 amide bonds. The first-order valence-electron chi connectivity index (χ1n) is 8.25. The molecule has 1 N–H and O–H groups in total. The number of para-hydroxylation sites is 1. The summed E-state index contributed by atoms with van der Waals surface area (Å²) in [5.41, 5.74) is 0.997. The van der Waals surface area contributed by atoms with Crippen molar-refractivity contribution in [3.63, 3.8) is 0 Å². The molecule has 0 spiro atoms. The minimum Gasteiger partial charge on any atom is -0.493 e. The summed E-state index contributed by atoms with van der Waals surface area (Å²) in [6, 6.07) is 12.7. The zero-order chi connectivity index (χ0) is 20.3. The average Bonchev–Trinajstić information content (AvgIpc) is 2.67. The fourth-order valence-electron chi connectivity index (χ4n) is 3.00. The van der Waals surface area contributed by atoms with E-state index in [2.05, 4.69) is 5.32 Å². The summed E-state index contributed by atoms with van der Waals surface area (Å²) in [5.74, 6) is -0.203. The maximum Gasteiger partial charge on any atom is 0.406 e. The number of rotatable bonds is 5. The molecule has 28 heavy (non-hydrogen) atoms. The minimum absolute atomic E-state index is 0.170. The molecule has 146 valence electrons. The van der Waals surface area contributed by atoms with E-state index >= 15 is 0 Å². The smallest absolute Gasteiger partial charge is 0.406 e. The molecule has 1 heterocycles. The summed E-state index contributed by atoms with van der Waals surface area (Å²) in [6.07, 6.45) is -5.62. The molecule has 2 aromatic carbocycles. The van der Waals surface area contributed by atoms with Crippen LogP contribution in [0.1, 0.15) is 22.1 Å². The number of nitrogens with zero attached hydrogens (tertiary/aromatic N) is 2. The molecule has 0 saturated heterocycles. The van der Waals surface area contributed by atoms with E-state index in [0.29, 0.717) is 11.3 Å². The van der Waals surface area contributed by atoms with E-state index in [1.807, 2.05) is 6.07 Å². The van der Waals surface area contributed by atoms with Gasteiger partial charge in [0.15, 0.2) is 18.1 Å². The number of carbonyl (C=O) groups is 1. The van der Waals surface area contributed by atoms with Crippen LogP contribution >= 0.6 is 0 Å². The highest BCUT2D eigenvalue weighted by atomic mass is 19.4. The Hall–Kier alpha value is -3.41. The number of anilines is 1. The molecule has 1 aliphatic heterocycles. The van der Waals surface area contributed by atoms with Crippen LogP contribution in [0.3, 0.4) is 0 Å². The monoisotopic (exact) mass is 391 g/mol. The largest absolute Gasteiger partial charge is 0.493 e. The molecule has 0 bridgehead atoms. The number of alkyl halides is 3. The lowest BCUT2D eigenvalue weighted by Crippen LogP contribution is -2.47. The van der Waals surface area contributed by atoms with E-state index in [1.165, 1.54) is 31.4 Å². The summed E-state index contributed by atoms with van der Waals surface area (Å²) < 4.78 is 49.8. The zero-order valence-electron chi connectivity index (χ0n) is 14.8. The van der Waals surface area contributed by atoms with E-state index in [0.717, 1.165) is 4.90 Å². The average molecular weight is 391 g/mol. The summed E-state index contributed by atoms with van der Waals surface area (Å²) in [5, 5.41) is 11.6. The van der Waals surface area contributed by atoms with Crippen molar-refractivity contribution < 1.29 is 27.4 Å². The number of halogens is 3. The topological polar surface area (TPSA) is 74.6 Å². The van der Waals surface area contributed by atoms with Gasteiger partial charge in [-0.3, -0.25) is 4.79 Å². The van der Waals surface area contributed by atoms with Crippen LogP contribution in [0, 0.1) is 11.3 Å². The number of methoxy groups -OCH3 is 1. The van der Waals surface area contributed by atoms with Crippen molar-refractivity contribution in [3.05, 3.63) is 53.6 Å². The molecule has 2 aromatic rings. The van der Waals surface area contributed by atoms with E-state index in [-0.39, 0.29) is 23.7 Å². The second-order valence-corrected chi connectivity index (χ2v) is 6.00. The number of hydrogen-bond acceptors (Lipinski definition) is 5. The Labute approximate surface area is 159 Å². The maximum atomic E-state index is 13.1. The molecule has 9 heteroatoms. The molecular weight excluding hydrogens is 375 g/mol. The third-order valence-corrected chi connectivity index (χ3v) is 4.17. The van der Waals surface area contributed by atoms with Crippen molar-refractivity contribution in [1.82, 2.24) is 4.90 Å². The van der Waals surface area contributed by atoms with Gasteiger partial charge in [0.2, 0.25) is 0 Å². The quantitative estimate of drug-likeness (QED) is 0.841. The third-order valence-electron chi connectivity index (χ3n) is 4.17. The van der Waals surface area contributed by atoms with Crippen LogP contribution < -0.4 is 14.8 Å². The van der Waals surface area contributed by atoms with Crippen LogP contribution in [-0.4, -0.2) is 37.2 Å². The van der Waals surface area contributed by atoms with E-state index in [9.17, 15) is 18.0 Å². The van der Waals surface area contributed by atoms with Gasteiger partial charge in [0, 0.05) is 5.69 Å². The number of amides is 1. The zero-order valence-corrected chi connectivity index (χ0v) is 14.8. The molecule has 1 atom stereocenters. The van der Waals surface area contributed by atoms with E-state index in [4.69, 9.17) is 14.7 Å². The highest BCUT2D eigenvalue weighted by Crippen LogP contribution is 2.38. The second kappa shape index (κ2) is 7.68. The summed E-state index contributed by atoms with van der Waals surface area (Å²) in [7, 11) is 1.38. The van der Waals surface area contributed by atoms with Crippen molar-refractivity contribution >= 4 is 11.6 Å². The Morgan fingerprint density at radius 3 is 2.64 bits per heavy atom. The fraction of sp³-hybridized carbons (Fsp3) is 0.263. The molecule has 3 rings (SSSR count). The number of carbonyl (C=O) groups excluding carboxylic acids is 1. The highest BCUT2D eigenvalue weighted by molar-refractivity contribution is 6.01. The molecule has 0 radical (unpaired) electrons. The first-order valence-corrected chi connectivity index (χ1v) is 8.25. The number of benzene rings is 2. The predicted molar refractivity (Wildman–Crippen MR) is 94.0 cm³/mol.